The van der Waals surface area contributed by atoms with E-state index in [1.54, 1.807) is 0 Å². The van der Waals surface area contributed by atoms with Gasteiger partial charge in [0, 0.05) is 30.3 Å². The Balaban J connectivity index is 1.93. The summed E-state index contributed by atoms with van der Waals surface area (Å²) < 4.78 is 23.8. The van der Waals surface area contributed by atoms with E-state index in [0.717, 1.165) is 11.1 Å². The molecule has 2 aromatic carbocycles. The third kappa shape index (κ3) is 4.51. The van der Waals surface area contributed by atoms with Crippen LogP contribution in [0.4, 0.5) is 5.69 Å². The highest BCUT2D eigenvalue weighted by atomic mass is 32.2. The molecule has 0 spiro atoms. The maximum absolute atomic E-state index is 13.1. The van der Waals surface area contributed by atoms with Gasteiger partial charge in [-0.15, -0.1) is 0 Å². The molecular formula is C19H20N2O5S. The molecule has 3 rings (SSSR count). The lowest BCUT2D eigenvalue weighted by Crippen LogP contribution is -2.40. The van der Waals surface area contributed by atoms with Crippen LogP contribution in [0.25, 0.3) is 0 Å². The number of sulfone groups is 1. The topological polar surface area (TPSA) is 97.6 Å². The third-order valence-electron chi connectivity index (χ3n) is 4.69. The highest BCUT2D eigenvalue weighted by molar-refractivity contribution is 7.91. The lowest BCUT2D eigenvalue weighted by molar-refractivity contribution is -0.384. The minimum atomic E-state index is -3.18. The number of benzene rings is 2. The molecule has 1 amide bonds. The molecule has 0 N–H and O–H groups in total. The molecule has 8 heteroatoms. The largest absolute Gasteiger partial charge is 0.330 e. The molecule has 1 aliphatic rings. The highest BCUT2D eigenvalue weighted by Gasteiger charge is 2.35. The summed E-state index contributed by atoms with van der Waals surface area (Å²) in [5.41, 5.74) is 1.97. The van der Waals surface area contributed by atoms with Gasteiger partial charge in [-0.05, 0) is 25.0 Å². The van der Waals surface area contributed by atoms with Crippen molar-refractivity contribution in [2.75, 3.05) is 11.5 Å². The summed E-state index contributed by atoms with van der Waals surface area (Å²) >= 11 is 0. The highest BCUT2D eigenvalue weighted by Crippen LogP contribution is 2.24. The van der Waals surface area contributed by atoms with Gasteiger partial charge in [-0.3, -0.25) is 14.9 Å². The monoisotopic (exact) mass is 388 g/mol. The molecule has 1 heterocycles. The number of nitrogens with zero attached hydrogens (tertiary/aromatic N) is 2. The number of aryl methyl sites for hydroxylation is 1. The zero-order valence-corrected chi connectivity index (χ0v) is 15.7. The predicted octanol–water partition coefficient (Wildman–Crippen LogP) is 2.73. The Morgan fingerprint density at radius 3 is 2.52 bits per heavy atom. The molecule has 1 unspecified atom stereocenters. The SMILES string of the molecule is Cc1ccc(CN(C(=O)c2cccc([N+](=O)[O-])c2)C2CCS(=O)(=O)C2)cc1. The van der Waals surface area contributed by atoms with Gasteiger partial charge >= 0.3 is 0 Å². The van der Waals surface area contributed by atoms with Crippen LogP contribution in [-0.4, -0.2) is 41.7 Å². The van der Waals surface area contributed by atoms with Crippen molar-refractivity contribution >= 4 is 21.4 Å². The molecule has 27 heavy (non-hydrogen) atoms. The van der Waals surface area contributed by atoms with Crippen LogP contribution in [0.1, 0.15) is 27.9 Å². The Kier molecular flexibility index (Phi) is 5.27. The van der Waals surface area contributed by atoms with Gasteiger partial charge in [0.25, 0.3) is 11.6 Å². The van der Waals surface area contributed by atoms with Gasteiger partial charge in [-0.1, -0.05) is 35.9 Å². The summed E-state index contributed by atoms with van der Waals surface area (Å²) in [4.78, 5) is 25.1. The Morgan fingerprint density at radius 1 is 1.22 bits per heavy atom. The molecule has 0 aromatic heterocycles. The Hall–Kier alpha value is -2.74. The number of non-ortho nitro benzene ring substituents is 1. The first-order valence-electron chi connectivity index (χ1n) is 8.56. The van der Waals surface area contributed by atoms with Gasteiger partial charge < -0.3 is 4.90 Å². The Morgan fingerprint density at radius 2 is 1.93 bits per heavy atom. The minimum Gasteiger partial charge on any atom is -0.330 e. The molecular weight excluding hydrogens is 368 g/mol. The molecule has 0 radical (unpaired) electrons. The maximum atomic E-state index is 13.1. The van der Waals surface area contributed by atoms with Crippen molar-refractivity contribution in [1.82, 2.24) is 4.90 Å². The first-order valence-corrected chi connectivity index (χ1v) is 10.4. The first kappa shape index (κ1) is 19.0. The number of hydrogen-bond acceptors (Lipinski definition) is 5. The molecule has 0 bridgehead atoms. The molecule has 1 aliphatic heterocycles. The average molecular weight is 388 g/mol. The summed E-state index contributed by atoms with van der Waals surface area (Å²) in [5.74, 6) is -0.439. The van der Waals surface area contributed by atoms with E-state index in [4.69, 9.17) is 0 Å². The van der Waals surface area contributed by atoms with Crippen molar-refractivity contribution in [3.8, 4) is 0 Å². The average Bonchev–Trinajstić information content (AvgIpc) is 3.00. The van der Waals surface area contributed by atoms with Crippen molar-refractivity contribution in [2.45, 2.75) is 25.9 Å². The standard InChI is InChI=1S/C19H20N2O5S/c1-14-5-7-15(8-6-14)12-20(18-9-10-27(25,26)13-18)19(22)16-3-2-4-17(11-16)21(23)24/h2-8,11,18H,9-10,12-13H2,1H3. The lowest BCUT2D eigenvalue weighted by atomic mass is 10.1. The van der Waals surface area contributed by atoms with Crippen LogP contribution in [0.15, 0.2) is 48.5 Å². The van der Waals surface area contributed by atoms with Gasteiger partial charge in [0.05, 0.1) is 16.4 Å². The van der Waals surface area contributed by atoms with Gasteiger partial charge in [0.2, 0.25) is 0 Å². The van der Waals surface area contributed by atoms with Crippen molar-refractivity contribution in [3.05, 3.63) is 75.3 Å². The molecule has 7 nitrogen and oxygen atoms in total. The van der Waals surface area contributed by atoms with Crippen molar-refractivity contribution in [1.29, 1.82) is 0 Å². The van der Waals surface area contributed by atoms with Crippen LogP contribution in [-0.2, 0) is 16.4 Å². The lowest BCUT2D eigenvalue weighted by Gasteiger charge is -2.28. The van der Waals surface area contributed by atoms with Crippen molar-refractivity contribution < 1.29 is 18.1 Å². The zero-order valence-electron chi connectivity index (χ0n) is 14.9. The van der Waals surface area contributed by atoms with Crippen molar-refractivity contribution in [3.63, 3.8) is 0 Å². The zero-order chi connectivity index (χ0) is 19.6. The second kappa shape index (κ2) is 7.48. The van der Waals surface area contributed by atoms with Gasteiger partial charge in [0.1, 0.15) is 0 Å². The Labute approximate surface area is 157 Å². The molecule has 1 fully saturated rings. The molecule has 0 aliphatic carbocycles. The quantitative estimate of drug-likeness (QED) is 0.579. The van der Waals surface area contributed by atoms with Gasteiger partial charge in [0.15, 0.2) is 9.84 Å². The fourth-order valence-corrected chi connectivity index (χ4v) is 4.93. The number of hydrogen-bond donors (Lipinski definition) is 0. The summed E-state index contributed by atoms with van der Waals surface area (Å²) in [7, 11) is -3.18. The van der Waals surface area contributed by atoms with E-state index < -0.39 is 26.7 Å². The molecule has 1 saturated heterocycles. The van der Waals surface area contributed by atoms with E-state index in [0.29, 0.717) is 6.42 Å². The summed E-state index contributed by atoms with van der Waals surface area (Å²) in [6.07, 6.45) is 0.370. The number of carbonyl (C=O) groups is 1. The van der Waals surface area contributed by atoms with Crippen LogP contribution in [0.3, 0.4) is 0 Å². The summed E-state index contributed by atoms with van der Waals surface area (Å²) in [5, 5.41) is 11.0. The van der Waals surface area contributed by atoms with Crippen LogP contribution < -0.4 is 0 Å². The van der Waals surface area contributed by atoms with E-state index in [-0.39, 0.29) is 29.3 Å². The second-order valence-electron chi connectivity index (χ2n) is 6.78. The molecule has 0 saturated carbocycles. The fraction of sp³-hybridized carbons (Fsp3) is 0.316. The number of carbonyl (C=O) groups excluding carboxylic acids is 1. The fourth-order valence-electron chi connectivity index (χ4n) is 3.20. The number of nitro benzene ring substituents is 1. The Bertz CT molecular complexity index is 970. The number of rotatable bonds is 5. The molecule has 2 aromatic rings. The summed E-state index contributed by atoms with van der Waals surface area (Å²) in [6, 6.07) is 12.7. The van der Waals surface area contributed by atoms with E-state index in [1.165, 1.54) is 29.2 Å². The predicted molar refractivity (Wildman–Crippen MR) is 101 cm³/mol. The summed E-state index contributed by atoms with van der Waals surface area (Å²) in [6.45, 7) is 2.21. The number of nitro groups is 1. The second-order valence-corrected chi connectivity index (χ2v) is 9.01. The molecule has 142 valence electrons. The molecule has 1 atom stereocenters. The minimum absolute atomic E-state index is 0.0459. The first-order chi connectivity index (χ1) is 12.7. The normalized spacial score (nSPS) is 18.2. The van der Waals surface area contributed by atoms with Gasteiger partial charge in [-0.2, -0.15) is 0 Å². The number of amides is 1. The van der Waals surface area contributed by atoms with E-state index in [9.17, 15) is 23.3 Å². The van der Waals surface area contributed by atoms with Crippen LogP contribution >= 0.6 is 0 Å². The van der Waals surface area contributed by atoms with E-state index >= 15 is 0 Å². The smallest absolute Gasteiger partial charge is 0.270 e. The van der Waals surface area contributed by atoms with Crippen LogP contribution in [0.2, 0.25) is 0 Å². The van der Waals surface area contributed by atoms with E-state index in [2.05, 4.69) is 0 Å². The van der Waals surface area contributed by atoms with Crippen LogP contribution in [0.5, 0.6) is 0 Å². The van der Waals surface area contributed by atoms with Crippen LogP contribution in [0, 0.1) is 17.0 Å². The maximum Gasteiger partial charge on any atom is 0.270 e. The van der Waals surface area contributed by atoms with Crippen molar-refractivity contribution in [2.24, 2.45) is 0 Å². The van der Waals surface area contributed by atoms with Gasteiger partial charge in [-0.25, -0.2) is 8.42 Å². The third-order valence-corrected chi connectivity index (χ3v) is 6.44. The van der Waals surface area contributed by atoms with E-state index in [1.807, 2.05) is 31.2 Å².